The third-order valence-corrected chi connectivity index (χ3v) is 26.1. The highest BCUT2D eigenvalue weighted by atomic mass is 79.9. The summed E-state index contributed by atoms with van der Waals surface area (Å²) < 4.78 is 75.7. The van der Waals surface area contributed by atoms with Crippen molar-refractivity contribution in [2.24, 2.45) is 0 Å². The zero-order valence-electron chi connectivity index (χ0n) is 67.0. The largest absolute Gasteiger partial charge is 0.487 e. The zero-order chi connectivity index (χ0) is 84.8. The number of anilines is 2. The van der Waals surface area contributed by atoms with E-state index in [0.717, 1.165) is 100 Å². The van der Waals surface area contributed by atoms with Crippen molar-refractivity contribution < 1.29 is 73.0 Å². The van der Waals surface area contributed by atoms with Gasteiger partial charge in [-0.15, -0.1) is 0 Å². The Labute approximate surface area is 712 Å². The fraction of sp³-hybridized carbons (Fsp3) is 0.437. The molecule has 0 radical (unpaired) electrons. The minimum Gasteiger partial charge on any atom is -0.487 e. The zero-order valence-corrected chi connectivity index (χ0v) is 70.1. The van der Waals surface area contributed by atoms with Gasteiger partial charge in [-0.1, -0.05) is 35.3 Å². The van der Waals surface area contributed by atoms with Crippen molar-refractivity contribution in [1.29, 1.82) is 0 Å². The van der Waals surface area contributed by atoms with Crippen molar-refractivity contribution in [1.82, 2.24) is 69.1 Å². The molecule has 20 rings (SSSR count). The second kappa shape index (κ2) is 34.4. The van der Waals surface area contributed by atoms with Gasteiger partial charge in [-0.2, -0.15) is 0 Å². The number of nitrogen functional groups attached to an aromatic ring is 2. The van der Waals surface area contributed by atoms with Gasteiger partial charge in [-0.05, 0) is 197 Å². The van der Waals surface area contributed by atoms with Gasteiger partial charge in [0.05, 0.1) is 56.4 Å². The minimum atomic E-state index is -1.22. The van der Waals surface area contributed by atoms with E-state index in [0.29, 0.717) is 124 Å². The van der Waals surface area contributed by atoms with E-state index in [1.807, 2.05) is 36.7 Å². The van der Waals surface area contributed by atoms with Crippen LogP contribution < -0.4 is 46.4 Å². The van der Waals surface area contributed by atoms with Gasteiger partial charge >= 0.3 is 0 Å². The molecule has 8 aliphatic rings. The van der Waals surface area contributed by atoms with E-state index >= 15 is 0 Å². The first kappa shape index (κ1) is 83.9. The molecule has 15 N–H and O–H groups in total. The van der Waals surface area contributed by atoms with Crippen LogP contribution in [0.1, 0.15) is 136 Å². The number of benzene rings is 4. The molecule has 0 spiro atoms. The summed E-state index contributed by atoms with van der Waals surface area (Å²) in [5.41, 5.74) is 26.0. The Morgan fingerprint density at radius 3 is 1.55 bits per heavy atom. The van der Waals surface area contributed by atoms with Gasteiger partial charge in [0, 0.05) is 114 Å². The van der Waals surface area contributed by atoms with Crippen LogP contribution in [0, 0.1) is 52.1 Å². The predicted molar refractivity (Wildman–Crippen MR) is 451 cm³/mol. The fourth-order valence-corrected chi connectivity index (χ4v) is 20.2. The highest BCUT2D eigenvalue weighted by Crippen LogP contribution is 2.46. The molecule has 34 heteroatoms. The lowest BCUT2D eigenvalue weighted by atomic mass is 9.89. The number of nitrogens with zero attached hydrogens (tertiary/aromatic N) is 11. The normalized spacial score (nSPS) is 26.0. The lowest BCUT2D eigenvalue weighted by Crippen LogP contribution is -2.35. The number of hydrogen-bond donors (Lipinski definition) is 13. The summed E-state index contributed by atoms with van der Waals surface area (Å²) in [5.74, 6) is 2.27. The Morgan fingerprint density at radius 1 is 0.446 bits per heavy atom. The molecule has 0 bridgehead atoms. The Bertz CT molecular complexity index is 5630. The van der Waals surface area contributed by atoms with E-state index in [1.54, 1.807) is 47.5 Å². The lowest BCUT2D eigenvalue weighted by molar-refractivity contribution is -0.0167. The standard InChI is InChI=1S/C23H26BrN3O3.C22H25FN4O3.C21H22Cl2N4O3.C21H23F2N5O3/c1-12-7-14-5-3-4-6-15(14)18(8-12)30-19-9-17(21(28)22(19)29)27-10-16(24)20-13(2)25-11-26-23(20)27;1-11-5-13-3-4-24-8-14(13)18(6-11)30-19-7-17(20(28)21(19)29)27-10-16(23)15-9-25-12(2)26-22(15)27;22-11-5-10-1-3-25-8-12(10)16(6-11)30-17-7-15(19(28)20(17)29)27-9-13(23)18-14(24)2-4-26-21(18)27;1-9-26-20(24)17-13(23)8-28(21(17)27-9)14-6-16(19(30)18(14)29)31-15-3-2-12(22)10-4-5-25-7-11(10)15/h7-8,10-11,17,19,21-22,28-29H,3-6,9H2,1-2H3;5-6,9-10,17,19-21,24,28-29H,3-4,7-8H2,1-2H3;2,4-6,9,15,17,19-20,25,28-29H,1,3,7-8H2,(H2,24,26);2-3,8,14,16,18-19,25,29-30H,4-7H2,1H3,(H2,24,26,27)/t17-,19+,21+,22-;17-,19+,20+,21-;15-,17+,19+,20-;14-,16+,18+,19-/m1111/s1. The number of nitrogens with one attached hydrogen (secondary N) is 3. The molecule has 16 atom stereocenters. The molecule has 11 heterocycles. The number of hydrogen-bond acceptors (Lipinski definition) is 24. The summed E-state index contributed by atoms with van der Waals surface area (Å²) >= 11 is 16.3. The van der Waals surface area contributed by atoms with Crippen LogP contribution in [0.15, 0.2) is 103 Å². The number of halogens is 6. The van der Waals surface area contributed by atoms with Gasteiger partial charge in [0.25, 0.3) is 0 Å². The maximum atomic E-state index is 14.5. The number of fused-ring (bicyclic) bond motifs is 8. The van der Waals surface area contributed by atoms with Crippen LogP contribution in [0.3, 0.4) is 0 Å². The van der Waals surface area contributed by atoms with Crippen LogP contribution in [0.2, 0.25) is 10.0 Å². The molecule has 8 aromatic heterocycles. The van der Waals surface area contributed by atoms with Crippen LogP contribution in [0.25, 0.3) is 44.1 Å². The van der Waals surface area contributed by atoms with Crippen LogP contribution in [-0.2, 0) is 51.7 Å². The Balaban J connectivity index is 0.000000115. The van der Waals surface area contributed by atoms with E-state index in [4.69, 9.17) is 53.6 Å². The van der Waals surface area contributed by atoms with E-state index in [2.05, 4.69) is 91.9 Å². The predicted octanol–water partition coefficient (Wildman–Crippen LogP) is 9.80. The van der Waals surface area contributed by atoms with Crippen LogP contribution >= 0.6 is 39.1 Å². The summed E-state index contributed by atoms with van der Waals surface area (Å²) in [6, 6.07) is 14.7. The number of aromatic nitrogens is 11. The van der Waals surface area contributed by atoms with Gasteiger partial charge < -0.3 is 105 Å². The molecular formula is C87H96BrCl2F3N16O12. The molecule has 3 aliphatic heterocycles. The summed E-state index contributed by atoms with van der Waals surface area (Å²) in [6.07, 6.45) is 7.85. The van der Waals surface area contributed by atoms with E-state index < -0.39 is 103 Å². The molecule has 638 valence electrons. The summed E-state index contributed by atoms with van der Waals surface area (Å²) in [6.45, 7) is 13.8. The topological polar surface area (TPSA) is 397 Å². The van der Waals surface area contributed by atoms with Crippen LogP contribution in [0.4, 0.5) is 24.7 Å². The molecular weight excluding hydrogens is 1670 g/mol. The average molecular weight is 1770 g/mol. The smallest absolute Gasteiger partial charge is 0.154 e. The highest BCUT2D eigenvalue weighted by Gasteiger charge is 2.50. The lowest BCUT2D eigenvalue weighted by Gasteiger charge is -2.25. The first-order valence-corrected chi connectivity index (χ1v) is 42.5. The second-order valence-electron chi connectivity index (χ2n) is 32.9. The molecule has 4 fully saturated rings. The second-order valence-corrected chi connectivity index (χ2v) is 34.6. The molecule has 0 saturated heterocycles. The Kier molecular flexibility index (Phi) is 23.8. The molecule has 28 nitrogen and oxygen atoms in total. The molecule has 0 unspecified atom stereocenters. The number of aliphatic hydroxyl groups excluding tert-OH is 8. The highest BCUT2D eigenvalue weighted by molar-refractivity contribution is 9.10. The van der Waals surface area contributed by atoms with E-state index in [-0.39, 0.29) is 35.1 Å². The number of rotatable bonds is 12. The Hall–Kier alpha value is -9.36. The summed E-state index contributed by atoms with van der Waals surface area (Å²) in [4.78, 5) is 29.8. The first-order valence-electron chi connectivity index (χ1n) is 40.9. The molecule has 4 saturated carbocycles. The first-order chi connectivity index (χ1) is 58.1. The number of nitrogens with two attached hydrogens (primary N) is 2. The van der Waals surface area contributed by atoms with Crippen molar-refractivity contribution in [3.63, 3.8) is 0 Å². The molecule has 121 heavy (non-hydrogen) atoms. The molecule has 12 aromatic rings. The van der Waals surface area contributed by atoms with Crippen LogP contribution in [0.5, 0.6) is 23.0 Å². The fourth-order valence-electron chi connectivity index (χ4n) is 18.9. The molecule has 4 aromatic carbocycles. The number of ether oxygens (including phenoxy) is 4. The van der Waals surface area contributed by atoms with Gasteiger partial charge in [0.2, 0.25) is 0 Å². The van der Waals surface area contributed by atoms with Crippen molar-refractivity contribution in [3.8, 4) is 23.0 Å². The minimum absolute atomic E-state index is 0.0185. The number of aliphatic hydroxyl groups is 8. The average Bonchev–Trinajstić information content (AvgIpc) is 1.66. The third-order valence-electron chi connectivity index (χ3n) is 25.0. The van der Waals surface area contributed by atoms with Crippen LogP contribution in [-0.4, -0.2) is 187 Å². The van der Waals surface area contributed by atoms with Crippen molar-refractivity contribution in [2.45, 2.75) is 222 Å². The van der Waals surface area contributed by atoms with Crippen molar-refractivity contribution >= 4 is 94.8 Å². The molecule has 0 amide bonds. The maximum absolute atomic E-state index is 14.5. The number of pyridine rings is 1. The SMILES string of the molecule is Cc1cc2c(c(O[C@H]3C[C@@H](n4cc(Br)c5c(C)ncnc54)[C@H](O)[C@@H]3O)c1)CCCC2.Cc1cc2c(c(O[C@H]3C[C@@H](n4cc(F)c5cnc(C)nc54)[C@H](O)[C@@H]3O)c1)CNCC2.Cc1nc(N)c2c(F)cn([C@@H]3C[C@H](Oc4ccc(F)c5c4CNCC5)[C@@H](O)[C@H]3O)c2n1.Nc1ccnc2c1c(Cl)cn2[C@@H]1C[C@H](Oc2cc(Cl)cc3c2CNCC3)[C@@H](O)[C@H]1O. The van der Waals surface area contributed by atoms with Gasteiger partial charge in [0.15, 0.2) is 11.6 Å². The quantitative estimate of drug-likeness (QED) is 0.0541. The molecule has 5 aliphatic carbocycles. The van der Waals surface area contributed by atoms with Gasteiger partial charge in [0.1, 0.15) is 148 Å². The summed E-state index contributed by atoms with van der Waals surface area (Å²) in [5, 5.41) is 99.0. The van der Waals surface area contributed by atoms with Gasteiger partial charge in [-0.25, -0.2) is 48.1 Å². The number of aryl methyl sites for hydroxylation is 6. The van der Waals surface area contributed by atoms with E-state index in [9.17, 15) is 54.0 Å². The monoisotopic (exact) mass is 1760 g/mol. The Morgan fingerprint density at radius 2 is 0.942 bits per heavy atom. The van der Waals surface area contributed by atoms with Crippen molar-refractivity contribution in [2.75, 3.05) is 31.1 Å². The van der Waals surface area contributed by atoms with Gasteiger partial charge in [-0.3, -0.25) is 0 Å². The van der Waals surface area contributed by atoms with Crippen molar-refractivity contribution in [3.05, 3.63) is 203 Å². The third kappa shape index (κ3) is 16.1. The van der Waals surface area contributed by atoms with E-state index in [1.165, 1.54) is 70.3 Å². The maximum Gasteiger partial charge on any atom is 0.154 e. The summed E-state index contributed by atoms with van der Waals surface area (Å²) in [7, 11) is 0.